The second kappa shape index (κ2) is 11.5. The zero-order chi connectivity index (χ0) is 29.2. The van der Waals surface area contributed by atoms with E-state index in [0.29, 0.717) is 17.0 Å². The van der Waals surface area contributed by atoms with Gasteiger partial charge < -0.3 is 4.74 Å². The molecule has 40 heavy (non-hydrogen) atoms. The van der Waals surface area contributed by atoms with Gasteiger partial charge in [0.05, 0.1) is 32.3 Å². The molecule has 0 radical (unpaired) electrons. The third kappa shape index (κ3) is 5.60. The van der Waals surface area contributed by atoms with E-state index >= 15 is 0 Å². The number of carbonyl (C=O) groups is 3. The van der Waals surface area contributed by atoms with E-state index in [1.165, 1.54) is 12.0 Å². The molecule has 0 spiro atoms. The summed E-state index contributed by atoms with van der Waals surface area (Å²) in [4.78, 5) is 43.2. The monoisotopic (exact) mass is 567 g/mol. The Bertz CT molecular complexity index is 1360. The summed E-state index contributed by atoms with van der Waals surface area (Å²) in [6.07, 6.45) is 0. The van der Waals surface area contributed by atoms with Crippen molar-refractivity contribution in [3.8, 4) is 0 Å². The highest BCUT2D eigenvalue weighted by Gasteiger charge is 2.66. The van der Waals surface area contributed by atoms with E-state index in [1.807, 2.05) is 84.2 Å². The number of amides is 2. The van der Waals surface area contributed by atoms with Crippen molar-refractivity contribution < 1.29 is 52.6 Å². The third-order valence-corrected chi connectivity index (χ3v) is 6.64. The van der Waals surface area contributed by atoms with Crippen LogP contribution in [0.1, 0.15) is 37.9 Å². The molecule has 5 rings (SSSR count). The van der Waals surface area contributed by atoms with Crippen LogP contribution in [0.2, 0.25) is 0 Å². The van der Waals surface area contributed by atoms with Crippen molar-refractivity contribution in [3.05, 3.63) is 107 Å². The van der Waals surface area contributed by atoms with Gasteiger partial charge in [0.1, 0.15) is 6.04 Å². The van der Waals surface area contributed by atoms with Crippen molar-refractivity contribution in [2.24, 2.45) is 0 Å². The maximum atomic E-state index is 13.4. The highest BCUT2D eigenvalue weighted by atomic mass is 35.7. The molecule has 0 saturated carbocycles. The number of imide groups is 1. The number of rotatable bonds is 5. The number of nitrogens with zero attached hydrogens (tertiary/aromatic N) is 3. The molecule has 2 heterocycles. The van der Waals surface area contributed by atoms with Gasteiger partial charge in [-0.15, -0.1) is 10.2 Å². The van der Waals surface area contributed by atoms with Crippen molar-refractivity contribution in [1.82, 2.24) is 9.80 Å². The number of benzene rings is 3. The van der Waals surface area contributed by atoms with E-state index in [9.17, 15) is 14.4 Å². The van der Waals surface area contributed by atoms with E-state index in [-0.39, 0.29) is 6.04 Å². The fraction of sp³-hybridized carbons (Fsp3) is 0.214. The van der Waals surface area contributed by atoms with Crippen LogP contribution in [0.3, 0.4) is 0 Å². The molecule has 0 aliphatic carbocycles. The standard InChI is InChI=1S/C28H26N3O4.ClHO4/c1-29(2)25-23(31-26(32)20-16-10-11-17-21(20)27(31)33)24(28(34)35-3)30(25)22(18-12-6-4-7-13-18)19-14-8-5-9-15-19;2-1(3,4)5/h4-17,22-24H,1-3H3;(H,2,3,4,5)/q+1;/p-1/t23-,24-;/m0./s1. The fourth-order valence-corrected chi connectivity index (χ4v) is 5.16. The Morgan fingerprint density at radius 3 is 1.57 bits per heavy atom. The Morgan fingerprint density at radius 2 is 1.20 bits per heavy atom. The molecule has 12 heteroatoms. The van der Waals surface area contributed by atoms with Gasteiger partial charge in [0.2, 0.25) is 6.04 Å². The molecule has 0 unspecified atom stereocenters. The van der Waals surface area contributed by atoms with Crippen LogP contribution in [0.15, 0.2) is 84.9 Å². The van der Waals surface area contributed by atoms with Crippen LogP contribution in [0.25, 0.3) is 0 Å². The summed E-state index contributed by atoms with van der Waals surface area (Å²) >= 11 is 0. The molecule has 3 aromatic rings. The van der Waals surface area contributed by atoms with Gasteiger partial charge in [-0.3, -0.25) is 19.1 Å². The minimum Gasteiger partial charge on any atom is -0.466 e. The first kappa shape index (κ1) is 28.9. The number of methoxy groups -OCH3 is 1. The highest BCUT2D eigenvalue weighted by Crippen LogP contribution is 2.41. The molecule has 0 bridgehead atoms. The zero-order valence-electron chi connectivity index (χ0n) is 21.8. The summed E-state index contributed by atoms with van der Waals surface area (Å²) in [6.45, 7) is 0. The molecule has 2 amide bonds. The number of ether oxygens (including phenoxy) is 1. The van der Waals surface area contributed by atoms with Gasteiger partial charge in [-0.25, -0.2) is 28.3 Å². The zero-order valence-corrected chi connectivity index (χ0v) is 22.6. The van der Waals surface area contributed by atoms with E-state index in [1.54, 1.807) is 24.3 Å². The third-order valence-electron chi connectivity index (χ3n) is 6.64. The van der Waals surface area contributed by atoms with Gasteiger partial charge in [-0.05, 0) is 12.1 Å². The molecular weight excluding hydrogens is 542 g/mol. The van der Waals surface area contributed by atoms with E-state index in [2.05, 4.69) is 0 Å². The van der Waals surface area contributed by atoms with Crippen LogP contribution in [0.5, 0.6) is 0 Å². The van der Waals surface area contributed by atoms with Crippen LogP contribution in [0, 0.1) is 10.2 Å². The maximum absolute atomic E-state index is 13.4. The van der Waals surface area contributed by atoms with Crippen LogP contribution >= 0.6 is 0 Å². The average Bonchev–Trinajstić information content (AvgIpc) is 3.15. The minimum atomic E-state index is -4.94. The largest absolute Gasteiger partial charge is 0.466 e. The lowest BCUT2D eigenvalue weighted by molar-refractivity contribution is -2.00. The quantitative estimate of drug-likeness (QED) is 0.197. The summed E-state index contributed by atoms with van der Waals surface area (Å²) in [5.41, 5.74) is 2.65. The molecule has 1 fully saturated rings. The number of likely N-dealkylation sites (tertiary alicyclic amines) is 1. The molecule has 0 aromatic heterocycles. The smallest absolute Gasteiger partial charge is 0.354 e. The molecule has 3 aromatic carbocycles. The van der Waals surface area contributed by atoms with Crippen LogP contribution < -0.4 is 18.6 Å². The van der Waals surface area contributed by atoms with Crippen LogP contribution in [0.4, 0.5) is 0 Å². The molecule has 1 saturated heterocycles. The molecule has 2 aliphatic rings. The van der Waals surface area contributed by atoms with E-state index < -0.39 is 40.1 Å². The number of carbonyl (C=O) groups excluding carboxylic acids is 3. The van der Waals surface area contributed by atoms with Crippen molar-refractivity contribution in [2.45, 2.75) is 18.1 Å². The molecule has 2 atom stereocenters. The number of amidine groups is 1. The summed E-state index contributed by atoms with van der Waals surface area (Å²) in [6, 6.07) is 24.5. The number of fused-ring (bicyclic) bond motifs is 1. The maximum Gasteiger partial charge on any atom is 0.354 e. The summed E-state index contributed by atoms with van der Waals surface area (Å²) in [7, 11) is 0.0930. The topological polar surface area (TPSA) is 162 Å². The van der Waals surface area contributed by atoms with Crippen LogP contribution in [-0.4, -0.2) is 71.3 Å². The Morgan fingerprint density at radius 1 is 0.800 bits per heavy atom. The Balaban J connectivity index is 0.000000681. The molecule has 11 nitrogen and oxygen atoms in total. The van der Waals surface area contributed by atoms with Gasteiger partial charge in [0.25, 0.3) is 17.6 Å². The highest BCUT2D eigenvalue weighted by molar-refractivity contribution is 6.24. The predicted molar refractivity (Wildman–Crippen MR) is 130 cm³/mol. The Labute approximate surface area is 232 Å². The van der Waals surface area contributed by atoms with Gasteiger partial charge in [0.15, 0.2) is 6.04 Å². The van der Waals surface area contributed by atoms with Gasteiger partial charge in [-0.1, -0.05) is 72.8 Å². The summed E-state index contributed by atoms with van der Waals surface area (Å²) in [5, 5.41) is 0. The van der Waals surface area contributed by atoms with Crippen molar-refractivity contribution in [2.75, 3.05) is 21.2 Å². The lowest BCUT2D eigenvalue weighted by atomic mass is 9.85. The minimum absolute atomic E-state index is 0.328. The normalized spacial score (nSPS) is 18.1. The van der Waals surface area contributed by atoms with Crippen LogP contribution in [-0.2, 0) is 9.53 Å². The number of esters is 1. The average molecular weight is 568 g/mol. The number of hydrogen-bond acceptors (Lipinski definition) is 8. The first-order chi connectivity index (χ1) is 19.0. The fourth-order valence-electron chi connectivity index (χ4n) is 5.16. The summed E-state index contributed by atoms with van der Waals surface area (Å²) < 4.78 is 41.0. The number of hydrogen-bond donors (Lipinski definition) is 0. The molecule has 2 aliphatic heterocycles. The number of halogens is 1. The van der Waals surface area contributed by atoms with Crippen molar-refractivity contribution in [1.29, 1.82) is 0 Å². The van der Waals surface area contributed by atoms with E-state index in [0.717, 1.165) is 11.1 Å². The van der Waals surface area contributed by atoms with Crippen molar-refractivity contribution in [3.63, 3.8) is 0 Å². The lowest BCUT2D eigenvalue weighted by Crippen LogP contribution is -2.76. The Kier molecular flexibility index (Phi) is 8.33. The Hall–Kier alpha value is -4.13. The molecule has 0 N–H and O–H groups in total. The predicted octanol–water partition coefficient (Wildman–Crippen LogP) is -1.79. The first-order valence-corrected chi connectivity index (χ1v) is 13.3. The van der Waals surface area contributed by atoms with Gasteiger partial charge in [0, 0.05) is 11.1 Å². The van der Waals surface area contributed by atoms with Gasteiger partial charge >= 0.3 is 5.97 Å². The van der Waals surface area contributed by atoms with Gasteiger partial charge in [-0.2, -0.15) is 0 Å². The summed E-state index contributed by atoms with van der Waals surface area (Å²) in [5.74, 6) is -0.624. The van der Waals surface area contributed by atoms with Crippen molar-refractivity contribution >= 4 is 23.6 Å². The second-order valence-corrected chi connectivity index (χ2v) is 9.96. The first-order valence-electron chi connectivity index (χ1n) is 12.0. The van der Waals surface area contributed by atoms with E-state index in [4.69, 9.17) is 23.4 Å². The molecular formula is C28H26ClN3O8. The second-order valence-electron chi connectivity index (χ2n) is 9.20. The lowest BCUT2D eigenvalue weighted by Gasteiger charge is -2.48. The SMILES string of the molecule is COC(=O)[C@@H]1[C@H](N2C(=O)c3ccccc3C2=O)C(=[N+](C)C)N1C(c1ccccc1)c1ccccc1.[O-][Cl+3]([O-])([O-])[O-]. The molecule has 208 valence electrons.